The van der Waals surface area contributed by atoms with Gasteiger partial charge in [-0.05, 0) is 63.0 Å². The third kappa shape index (κ3) is 6.65. The zero-order valence-electron chi connectivity index (χ0n) is 12.1. The number of ether oxygens (including phenoxy) is 1. The molecule has 0 radical (unpaired) electrons. The Kier molecular flexibility index (Phi) is 7.51. The molecule has 0 fully saturated rings. The lowest BCUT2D eigenvalue weighted by Gasteiger charge is -2.08. The minimum absolute atomic E-state index is 0.837. The molecule has 0 atom stereocenters. The molecule has 0 bridgehead atoms. The van der Waals surface area contributed by atoms with E-state index in [9.17, 15) is 0 Å². The van der Waals surface area contributed by atoms with Crippen LogP contribution in [0.2, 0.25) is 0 Å². The maximum Gasteiger partial charge on any atom is 0.119 e. The zero-order valence-corrected chi connectivity index (χ0v) is 12.1. The van der Waals surface area contributed by atoms with Crippen molar-refractivity contribution in [2.75, 3.05) is 19.7 Å². The van der Waals surface area contributed by atoms with Gasteiger partial charge in [0.15, 0.2) is 0 Å². The number of unbranched alkanes of at least 4 members (excludes halogenated alkanes) is 3. The first-order valence-corrected chi connectivity index (χ1v) is 7.14. The Balaban J connectivity index is 2.07. The molecule has 0 saturated heterocycles. The van der Waals surface area contributed by atoms with Crippen molar-refractivity contribution in [2.45, 2.75) is 46.5 Å². The third-order valence-electron chi connectivity index (χ3n) is 2.96. The Hall–Kier alpha value is -1.02. The van der Waals surface area contributed by atoms with E-state index in [1.165, 1.54) is 30.4 Å². The largest absolute Gasteiger partial charge is 0.494 e. The van der Waals surface area contributed by atoms with Gasteiger partial charge in [-0.2, -0.15) is 0 Å². The van der Waals surface area contributed by atoms with Gasteiger partial charge in [-0.25, -0.2) is 0 Å². The molecule has 0 aliphatic carbocycles. The summed E-state index contributed by atoms with van der Waals surface area (Å²) in [5.74, 6) is 1.01. The van der Waals surface area contributed by atoms with E-state index < -0.39 is 0 Å². The second-order valence-corrected chi connectivity index (χ2v) is 4.94. The van der Waals surface area contributed by atoms with Crippen LogP contribution in [0, 0.1) is 13.8 Å². The van der Waals surface area contributed by atoms with Gasteiger partial charge < -0.3 is 10.1 Å². The van der Waals surface area contributed by atoms with Gasteiger partial charge >= 0.3 is 0 Å². The molecule has 2 heteroatoms. The number of hydrogen-bond acceptors (Lipinski definition) is 2. The third-order valence-corrected chi connectivity index (χ3v) is 2.96. The molecule has 1 N–H and O–H groups in total. The second-order valence-electron chi connectivity index (χ2n) is 4.94. The Morgan fingerprint density at radius 2 is 1.61 bits per heavy atom. The lowest BCUT2D eigenvalue weighted by Crippen LogP contribution is -2.13. The van der Waals surface area contributed by atoms with Gasteiger partial charge in [0.2, 0.25) is 0 Å². The van der Waals surface area contributed by atoms with Crippen LogP contribution in [0.4, 0.5) is 0 Å². The molecule has 18 heavy (non-hydrogen) atoms. The van der Waals surface area contributed by atoms with Gasteiger partial charge in [0, 0.05) is 0 Å². The van der Waals surface area contributed by atoms with Gasteiger partial charge in [0.05, 0.1) is 6.61 Å². The van der Waals surface area contributed by atoms with Gasteiger partial charge in [-0.3, -0.25) is 0 Å². The fraction of sp³-hybridized carbons (Fsp3) is 0.625. The summed E-state index contributed by atoms with van der Waals surface area (Å²) >= 11 is 0. The quantitative estimate of drug-likeness (QED) is 0.671. The van der Waals surface area contributed by atoms with E-state index >= 15 is 0 Å². The molecule has 2 nitrogen and oxygen atoms in total. The van der Waals surface area contributed by atoms with Crippen LogP contribution in [0.15, 0.2) is 18.2 Å². The standard InChI is InChI=1S/C16H27NO/c1-4-17-9-7-5-6-8-10-18-16-12-14(2)11-15(3)13-16/h11-13,17H,4-10H2,1-3H3. The fourth-order valence-corrected chi connectivity index (χ4v) is 2.09. The SMILES string of the molecule is CCNCCCCCCOc1cc(C)cc(C)c1. The van der Waals surface area contributed by atoms with E-state index in [0.29, 0.717) is 0 Å². The summed E-state index contributed by atoms with van der Waals surface area (Å²) in [7, 11) is 0. The molecular weight excluding hydrogens is 222 g/mol. The average molecular weight is 249 g/mol. The molecule has 1 aromatic carbocycles. The number of rotatable bonds is 9. The molecule has 0 aliphatic rings. The molecule has 0 aliphatic heterocycles. The number of aryl methyl sites for hydroxylation is 2. The number of nitrogens with one attached hydrogen (secondary N) is 1. The molecule has 102 valence electrons. The van der Waals surface area contributed by atoms with E-state index in [2.05, 4.69) is 44.3 Å². The second kappa shape index (κ2) is 8.98. The maximum absolute atomic E-state index is 5.78. The Morgan fingerprint density at radius 1 is 0.944 bits per heavy atom. The van der Waals surface area contributed by atoms with Gasteiger partial charge in [-0.1, -0.05) is 25.8 Å². The van der Waals surface area contributed by atoms with Gasteiger partial charge in [-0.15, -0.1) is 0 Å². The minimum Gasteiger partial charge on any atom is -0.494 e. The maximum atomic E-state index is 5.78. The molecule has 0 heterocycles. The Bertz CT molecular complexity index is 316. The van der Waals surface area contributed by atoms with Crippen molar-refractivity contribution in [3.8, 4) is 5.75 Å². The van der Waals surface area contributed by atoms with Crippen molar-refractivity contribution in [3.05, 3.63) is 29.3 Å². The summed E-state index contributed by atoms with van der Waals surface area (Å²) in [4.78, 5) is 0. The highest BCUT2D eigenvalue weighted by Crippen LogP contribution is 2.16. The highest BCUT2D eigenvalue weighted by molar-refractivity contribution is 5.32. The topological polar surface area (TPSA) is 21.3 Å². The van der Waals surface area contributed by atoms with Crippen LogP contribution in [0.25, 0.3) is 0 Å². The Morgan fingerprint density at radius 3 is 2.28 bits per heavy atom. The van der Waals surface area contributed by atoms with Crippen LogP contribution in [-0.4, -0.2) is 19.7 Å². The molecule has 1 aromatic rings. The van der Waals surface area contributed by atoms with Crippen LogP contribution >= 0.6 is 0 Å². The zero-order chi connectivity index (χ0) is 13.2. The summed E-state index contributed by atoms with van der Waals surface area (Å²) in [5.41, 5.74) is 2.55. The minimum atomic E-state index is 0.837. The van der Waals surface area contributed by atoms with Crippen LogP contribution in [0.1, 0.15) is 43.7 Å². The number of benzene rings is 1. The van der Waals surface area contributed by atoms with E-state index in [1.807, 2.05) is 0 Å². The summed E-state index contributed by atoms with van der Waals surface area (Å²) in [6, 6.07) is 6.39. The van der Waals surface area contributed by atoms with Crippen LogP contribution in [-0.2, 0) is 0 Å². The number of hydrogen-bond donors (Lipinski definition) is 1. The van der Waals surface area contributed by atoms with E-state index in [0.717, 1.165) is 31.9 Å². The molecule has 0 spiro atoms. The lowest BCUT2D eigenvalue weighted by molar-refractivity contribution is 0.304. The molecule has 0 saturated carbocycles. The lowest BCUT2D eigenvalue weighted by atomic mass is 10.1. The predicted molar refractivity (Wildman–Crippen MR) is 78.4 cm³/mol. The normalized spacial score (nSPS) is 10.6. The fourth-order valence-electron chi connectivity index (χ4n) is 2.09. The van der Waals surface area contributed by atoms with E-state index in [4.69, 9.17) is 4.74 Å². The molecular formula is C16H27NO. The predicted octanol–water partition coefficient (Wildman–Crippen LogP) is 3.85. The van der Waals surface area contributed by atoms with Gasteiger partial charge in [0.25, 0.3) is 0 Å². The first-order chi connectivity index (χ1) is 8.72. The molecule has 0 aromatic heterocycles. The van der Waals surface area contributed by atoms with Crippen LogP contribution < -0.4 is 10.1 Å². The average Bonchev–Trinajstić information content (AvgIpc) is 2.31. The van der Waals surface area contributed by atoms with Crippen molar-refractivity contribution < 1.29 is 4.74 Å². The molecule has 0 unspecified atom stereocenters. The van der Waals surface area contributed by atoms with E-state index in [1.54, 1.807) is 0 Å². The monoisotopic (exact) mass is 249 g/mol. The van der Waals surface area contributed by atoms with Crippen molar-refractivity contribution in [3.63, 3.8) is 0 Å². The molecule has 0 amide bonds. The summed E-state index contributed by atoms with van der Waals surface area (Å²) in [6.45, 7) is 9.44. The van der Waals surface area contributed by atoms with Crippen LogP contribution in [0.3, 0.4) is 0 Å². The smallest absolute Gasteiger partial charge is 0.119 e. The summed E-state index contributed by atoms with van der Waals surface area (Å²) < 4.78 is 5.78. The first-order valence-electron chi connectivity index (χ1n) is 7.14. The molecule has 1 rings (SSSR count). The summed E-state index contributed by atoms with van der Waals surface area (Å²) in [6.07, 6.45) is 4.98. The highest BCUT2D eigenvalue weighted by Gasteiger charge is 1.97. The highest BCUT2D eigenvalue weighted by atomic mass is 16.5. The first kappa shape index (κ1) is 15.0. The summed E-state index contributed by atoms with van der Waals surface area (Å²) in [5, 5.41) is 3.35. The van der Waals surface area contributed by atoms with E-state index in [-0.39, 0.29) is 0 Å². The Labute approximate surface area is 112 Å². The van der Waals surface area contributed by atoms with Gasteiger partial charge in [0.1, 0.15) is 5.75 Å². The van der Waals surface area contributed by atoms with Crippen molar-refractivity contribution in [2.24, 2.45) is 0 Å². The van der Waals surface area contributed by atoms with Crippen molar-refractivity contribution >= 4 is 0 Å². The van der Waals surface area contributed by atoms with Crippen LogP contribution in [0.5, 0.6) is 5.75 Å². The van der Waals surface area contributed by atoms with Crippen molar-refractivity contribution in [1.82, 2.24) is 5.32 Å². The van der Waals surface area contributed by atoms with Crippen molar-refractivity contribution in [1.29, 1.82) is 0 Å².